The highest BCUT2D eigenvalue weighted by molar-refractivity contribution is 7.17. The molecule has 4 aromatic rings. The van der Waals surface area contributed by atoms with E-state index in [0.29, 0.717) is 33.9 Å². The summed E-state index contributed by atoms with van der Waals surface area (Å²) < 4.78 is 4.77. The van der Waals surface area contributed by atoms with Gasteiger partial charge >= 0.3 is 11.9 Å². The van der Waals surface area contributed by atoms with Gasteiger partial charge < -0.3 is 25.4 Å². The number of hydrogen-bond donors (Lipinski definition) is 3. The van der Waals surface area contributed by atoms with Crippen LogP contribution in [0.25, 0.3) is 0 Å². The van der Waals surface area contributed by atoms with Crippen molar-refractivity contribution in [3.63, 3.8) is 0 Å². The van der Waals surface area contributed by atoms with Crippen molar-refractivity contribution in [1.29, 1.82) is 0 Å². The number of benzene rings is 3. The third kappa shape index (κ3) is 10.4. The molecular weight excluding hydrogens is 703 g/mol. The van der Waals surface area contributed by atoms with Crippen molar-refractivity contribution in [2.45, 2.75) is 97.1 Å². The molecule has 0 saturated heterocycles. The van der Waals surface area contributed by atoms with Crippen molar-refractivity contribution < 1.29 is 33.8 Å². The number of aryl methyl sites for hydroxylation is 3. The molecule has 11 heteroatoms. The predicted molar refractivity (Wildman–Crippen MR) is 211 cm³/mol. The van der Waals surface area contributed by atoms with E-state index in [1.165, 1.54) is 18.4 Å². The van der Waals surface area contributed by atoms with E-state index in [1.54, 1.807) is 35.2 Å². The highest BCUT2D eigenvalue weighted by Crippen LogP contribution is 2.39. The number of esters is 1. The summed E-state index contributed by atoms with van der Waals surface area (Å²) in [7, 11) is 1.36. The first kappa shape index (κ1) is 39.9. The van der Waals surface area contributed by atoms with Crippen LogP contribution in [0.2, 0.25) is 0 Å². The van der Waals surface area contributed by atoms with E-state index in [9.17, 15) is 24.0 Å². The predicted octanol–water partition coefficient (Wildman–Crippen LogP) is 8.48. The number of carbonyl (C=O) groups excluding carboxylic acids is 4. The van der Waals surface area contributed by atoms with Gasteiger partial charge in [0.1, 0.15) is 5.00 Å². The van der Waals surface area contributed by atoms with E-state index < -0.39 is 5.97 Å². The molecule has 0 aliphatic heterocycles. The molecule has 1 aromatic heterocycles. The Hall–Kier alpha value is -5.29. The summed E-state index contributed by atoms with van der Waals surface area (Å²) in [5, 5.41) is 15.7. The summed E-state index contributed by atoms with van der Waals surface area (Å²) in [4.78, 5) is 66.5. The van der Waals surface area contributed by atoms with Gasteiger partial charge in [-0.2, -0.15) is 0 Å². The number of hydrogen-bond acceptors (Lipinski definition) is 7. The molecule has 0 radical (unpaired) electrons. The van der Waals surface area contributed by atoms with Crippen LogP contribution in [0.15, 0.2) is 72.8 Å². The minimum Gasteiger partial charge on any atom is -0.481 e. The van der Waals surface area contributed by atoms with Crippen molar-refractivity contribution in [3.05, 3.63) is 117 Å². The fraction of sp³-hybridized carbons (Fsp3) is 0.372. The van der Waals surface area contributed by atoms with Crippen LogP contribution in [0.5, 0.6) is 0 Å². The monoisotopic (exact) mass is 751 g/mol. The van der Waals surface area contributed by atoms with Crippen molar-refractivity contribution in [2.24, 2.45) is 0 Å². The second-order valence-corrected chi connectivity index (χ2v) is 14.8. The lowest BCUT2D eigenvalue weighted by atomic mass is 9.95. The standard InChI is InChI=1S/C43H49N3O7S/c1-4-34(5-2)46(37(47)14-9-15-38(48)49)27-30-10-8-11-32(26-30)40(50)45-42-39(35-12-6-7-13-36(35)54-42)41(51)44-33-24-20-29(21-25-33)17-16-28-18-22-31(23-19-28)43(52)53-3/h8,10-11,18-26,34H,4-7,9,12-17,27H2,1-3H3,(H,44,51)(H,45,50)(H,48,49). The molecule has 0 saturated carbocycles. The van der Waals surface area contributed by atoms with Gasteiger partial charge in [-0.25, -0.2) is 4.79 Å². The fourth-order valence-electron chi connectivity index (χ4n) is 6.92. The fourth-order valence-corrected chi connectivity index (χ4v) is 8.21. The van der Waals surface area contributed by atoms with Crippen LogP contribution in [-0.4, -0.2) is 52.8 Å². The lowest BCUT2D eigenvalue weighted by Crippen LogP contribution is -2.39. The molecule has 10 nitrogen and oxygen atoms in total. The summed E-state index contributed by atoms with van der Waals surface area (Å²) >= 11 is 1.46. The topological polar surface area (TPSA) is 142 Å². The number of carboxylic acids is 1. The molecule has 5 rings (SSSR count). The maximum Gasteiger partial charge on any atom is 0.337 e. The van der Waals surface area contributed by atoms with Crippen LogP contribution >= 0.6 is 11.3 Å². The number of amides is 3. The van der Waals surface area contributed by atoms with Gasteiger partial charge in [0.2, 0.25) is 5.91 Å². The molecule has 0 bridgehead atoms. The minimum atomic E-state index is -0.924. The molecule has 0 unspecified atom stereocenters. The minimum absolute atomic E-state index is 0.00645. The van der Waals surface area contributed by atoms with Crippen molar-refractivity contribution >= 4 is 51.7 Å². The average molecular weight is 752 g/mol. The van der Waals surface area contributed by atoms with Gasteiger partial charge in [0.05, 0.1) is 18.2 Å². The first-order chi connectivity index (χ1) is 26.1. The Morgan fingerprint density at radius 1 is 0.796 bits per heavy atom. The third-order valence-corrected chi connectivity index (χ3v) is 11.1. The Labute approximate surface area is 320 Å². The first-order valence-corrected chi connectivity index (χ1v) is 19.5. The summed E-state index contributed by atoms with van der Waals surface area (Å²) in [5.41, 5.74) is 6.10. The molecule has 1 aliphatic carbocycles. The number of nitrogens with one attached hydrogen (secondary N) is 2. The van der Waals surface area contributed by atoms with E-state index in [-0.39, 0.29) is 49.0 Å². The first-order valence-electron chi connectivity index (χ1n) is 18.7. The number of carbonyl (C=O) groups is 5. The van der Waals surface area contributed by atoms with Crippen LogP contribution in [0.1, 0.15) is 117 Å². The summed E-state index contributed by atoms with van der Waals surface area (Å²) in [6.07, 6.45) is 7.10. The van der Waals surface area contributed by atoms with Gasteiger partial charge in [0, 0.05) is 41.6 Å². The molecule has 3 aromatic carbocycles. The van der Waals surface area contributed by atoms with Crippen LogP contribution in [0.4, 0.5) is 10.7 Å². The van der Waals surface area contributed by atoms with Gasteiger partial charge in [0.25, 0.3) is 11.8 Å². The third-order valence-electron chi connectivity index (χ3n) is 9.94. The summed E-state index contributed by atoms with van der Waals surface area (Å²) in [6, 6.07) is 22.3. The number of thiophene rings is 1. The number of aliphatic carboxylic acids is 1. The van der Waals surface area contributed by atoms with Gasteiger partial charge in [0.15, 0.2) is 0 Å². The van der Waals surface area contributed by atoms with E-state index in [0.717, 1.165) is 78.5 Å². The van der Waals surface area contributed by atoms with Gasteiger partial charge in [-0.05, 0) is 116 Å². The van der Waals surface area contributed by atoms with Gasteiger partial charge in [-0.15, -0.1) is 11.3 Å². The Bertz CT molecular complexity index is 1950. The van der Waals surface area contributed by atoms with Crippen molar-refractivity contribution in [2.75, 3.05) is 17.7 Å². The van der Waals surface area contributed by atoms with Crippen LogP contribution in [-0.2, 0) is 46.6 Å². The maximum atomic E-state index is 13.9. The summed E-state index contributed by atoms with van der Waals surface area (Å²) in [5.74, 6) is -1.99. The lowest BCUT2D eigenvalue weighted by Gasteiger charge is -2.31. The number of anilines is 2. The smallest absolute Gasteiger partial charge is 0.337 e. The Kier molecular flexibility index (Phi) is 14.2. The molecular formula is C43H49N3O7S. The van der Waals surface area contributed by atoms with Crippen LogP contribution in [0, 0.1) is 0 Å². The molecule has 0 atom stereocenters. The lowest BCUT2D eigenvalue weighted by molar-refractivity contribution is -0.137. The van der Waals surface area contributed by atoms with Gasteiger partial charge in [-0.3, -0.25) is 19.2 Å². The molecule has 1 aliphatic rings. The van der Waals surface area contributed by atoms with E-state index in [2.05, 4.69) is 10.6 Å². The largest absolute Gasteiger partial charge is 0.481 e. The number of nitrogens with zero attached hydrogens (tertiary/aromatic N) is 1. The van der Waals surface area contributed by atoms with E-state index in [4.69, 9.17) is 9.84 Å². The molecule has 0 fully saturated rings. The van der Waals surface area contributed by atoms with E-state index >= 15 is 0 Å². The Balaban J connectivity index is 1.26. The number of methoxy groups -OCH3 is 1. The van der Waals surface area contributed by atoms with Crippen LogP contribution in [0.3, 0.4) is 0 Å². The second-order valence-electron chi connectivity index (χ2n) is 13.6. The maximum absolute atomic E-state index is 13.9. The van der Waals surface area contributed by atoms with Crippen LogP contribution < -0.4 is 10.6 Å². The highest BCUT2D eigenvalue weighted by Gasteiger charge is 2.27. The molecule has 54 heavy (non-hydrogen) atoms. The van der Waals surface area contributed by atoms with Gasteiger partial charge in [-0.1, -0.05) is 50.2 Å². The molecule has 3 N–H and O–H groups in total. The number of carboxylic acid groups (broad SMARTS) is 1. The average Bonchev–Trinajstić information content (AvgIpc) is 3.55. The second kappa shape index (κ2) is 19.2. The number of ether oxygens (including phenoxy) is 1. The number of rotatable bonds is 17. The highest BCUT2D eigenvalue weighted by atomic mass is 32.1. The molecule has 1 heterocycles. The van der Waals surface area contributed by atoms with E-state index in [1.807, 2.05) is 56.3 Å². The zero-order chi connectivity index (χ0) is 38.6. The quantitative estimate of drug-likeness (QED) is 0.0919. The summed E-state index contributed by atoms with van der Waals surface area (Å²) in [6.45, 7) is 4.36. The number of fused-ring (bicyclic) bond motifs is 1. The Morgan fingerprint density at radius 3 is 2.11 bits per heavy atom. The Morgan fingerprint density at radius 2 is 1.46 bits per heavy atom. The SMILES string of the molecule is CCC(CC)N(Cc1cccc(C(=O)Nc2sc3c(c2C(=O)Nc2ccc(CCc4ccc(C(=O)OC)cc4)cc2)CCCC3)c1)C(=O)CCCC(=O)O. The molecule has 0 spiro atoms. The molecule has 284 valence electrons. The zero-order valence-corrected chi connectivity index (χ0v) is 32.1. The molecule has 3 amide bonds. The van der Waals surface area contributed by atoms with Crippen molar-refractivity contribution in [3.8, 4) is 0 Å². The zero-order valence-electron chi connectivity index (χ0n) is 31.2. The normalized spacial score (nSPS) is 12.1. The van der Waals surface area contributed by atoms with Crippen molar-refractivity contribution in [1.82, 2.24) is 4.90 Å².